The zero-order valence-electron chi connectivity index (χ0n) is 7.42. The molecule has 0 amide bonds. The van der Waals surface area contributed by atoms with Crippen LogP contribution >= 0.6 is 0 Å². The maximum atomic E-state index is 9.00. The van der Waals surface area contributed by atoms with Crippen molar-refractivity contribution in [1.29, 1.82) is 0 Å². The van der Waals surface area contributed by atoms with Crippen molar-refractivity contribution in [2.45, 2.75) is 0 Å². The third-order valence-electron chi connectivity index (χ3n) is 0. The van der Waals surface area contributed by atoms with E-state index in [-0.39, 0.29) is 111 Å². The van der Waals surface area contributed by atoms with Gasteiger partial charge in [0.25, 0.3) is 0 Å². The normalized spacial score (nSPS) is 11.7. The van der Waals surface area contributed by atoms with Crippen molar-refractivity contribution in [3.8, 4) is 0 Å². The molecule has 0 aromatic rings. The Labute approximate surface area is 174 Å². The average molecular weight is 491 g/mol. The molecule has 0 spiro atoms. The second kappa shape index (κ2) is 17.3. The summed E-state index contributed by atoms with van der Waals surface area (Å²) < 4.78 is 52.0. The van der Waals surface area contributed by atoms with Gasteiger partial charge in [0, 0.05) is 22.4 Å². The third-order valence-corrected chi connectivity index (χ3v) is 0. The van der Waals surface area contributed by atoms with Crippen molar-refractivity contribution in [3.05, 3.63) is 0 Å². The predicted molar refractivity (Wildman–Crippen MR) is 36.0 cm³/mol. The summed E-state index contributed by atoms with van der Waals surface area (Å²) in [7, 11) is -8.42. The summed E-state index contributed by atoms with van der Waals surface area (Å²) in [6.45, 7) is 0. The molecule has 0 saturated heterocycles. The zero-order valence-corrected chi connectivity index (χ0v) is 18.9. The molecule has 0 heterocycles. The molecule has 75 valence electrons. The Hall–Kier alpha value is 4.32. The van der Waals surface area contributed by atoms with Crippen LogP contribution in [0, 0.1) is 0 Å². The van der Waals surface area contributed by atoms with Crippen LogP contribution < -0.4 is 88.7 Å². The monoisotopic (exact) mass is 491 g/mol. The molecule has 1 unspecified atom stereocenters. The van der Waals surface area contributed by atoms with Crippen LogP contribution in [-0.4, -0.2) is 26.6 Å². The van der Waals surface area contributed by atoms with E-state index < -0.39 is 18.1 Å². The summed E-state index contributed by atoms with van der Waals surface area (Å²) in [5, 5.41) is 0. The minimum Gasteiger partial charge on any atom is -0.780 e. The molecule has 0 rings (SSSR count). The quantitative estimate of drug-likeness (QED) is 0.332. The van der Waals surface area contributed by atoms with Crippen molar-refractivity contribution >= 4 is 40.5 Å². The van der Waals surface area contributed by atoms with Gasteiger partial charge in [0.05, 0.1) is 9.05 Å². The number of hydrogen-bond donors (Lipinski definition) is 1. The zero-order chi connectivity index (χ0) is 9.00. The van der Waals surface area contributed by atoms with Gasteiger partial charge in [-0.05, 0) is 22.4 Å². The maximum Gasteiger partial charge on any atom is 1.00 e. The molecule has 14 heteroatoms. The molecule has 14 heavy (non-hydrogen) atoms. The second-order valence-corrected chi connectivity index (χ2v) is 5.00. The summed E-state index contributed by atoms with van der Waals surface area (Å²) in [6.07, 6.45) is 0. The SMILES string of the molecule is O=S([O-])(O)=S.O=S([O-])([O-])=S.[Au].[Na+].[Na+].[Na+]. The minimum absolute atomic E-state index is 0. The van der Waals surface area contributed by atoms with Gasteiger partial charge in [-0.25, -0.2) is 4.21 Å². The fourth-order valence-electron chi connectivity index (χ4n) is 0. The summed E-state index contributed by atoms with van der Waals surface area (Å²) in [6, 6.07) is 0. The molecular weight excluding hydrogens is 490 g/mol. The van der Waals surface area contributed by atoms with Crippen LogP contribution in [0.25, 0.3) is 0 Å². The first-order chi connectivity index (χ1) is 4.00. The van der Waals surface area contributed by atoms with Crippen molar-refractivity contribution in [3.63, 3.8) is 0 Å². The summed E-state index contributed by atoms with van der Waals surface area (Å²) in [5.74, 6) is 0. The minimum atomic E-state index is -4.33. The smallest absolute Gasteiger partial charge is 0.780 e. The maximum absolute atomic E-state index is 9.00. The van der Waals surface area contributed by atoms with Crippen molar-refractivity contribution < 1.29 is 138 Å². The van der Waals surface area contributed by atoms with E-state index in [1.54, 1.807) is 0 Å². The van der Waals surface area contributed by atoms with E-state index >= 15 is 0 Å². The molecule has 0 aliphatic carbocycles. The first kappa shape index (κ1) is 36.2. The van der Waals surface area contributed by atoms with Gasteiger partial charge in [-0.15, -0.1) is 9.05 Å². The molecular formula is HAuNa3O6S4. The Bertz CT molecular complexity index is 221. The van der Waals surface area contributed by atoms with Crippen LogP contribution in [-0.2, 0) is 62.9 Å². The fraction of sp³-hybridized carbons (Fsp3) is 0. The van der Waals surface area contributed by atoms with Gasteiger partial charge in [0.2, 0.25) is 0 Å². The van der Waals surface area contributed by atoms with Crippen molar-refractivity contribution in [2.24, 2.45) is 0 Å². The molecule has 6 nitrogen and oxygen atoms in total. The molecule has 0 saturated carbocycles. The molecule has 1 radical (unpaired) electrons. The van der Waals surface area contributed by atoms with E-state index in [1.807, 2.05) is 0 Å². The Morgan fingerprint density at radius 2 is 0.929 bits per heavy atom. The Balaban J connectivity index is -0.0000000178. The number of rotatable bonds is 0. The second-order valence-electron chi connectivity index (χ2n) is 0.836. The van der Waals surface area contributed by atoms with Gasteiger partial charge in [0.1, 0.15) is 0 Å². The Kier molecular flexibility index (Phi) is 44.8. The molecule has 0 aliphatic rings. The summed E-state index contributed by atoms with van der Waals surface area (Å²) in [4.78, 5) is 0. The van der Waals surface area contributed by atoms with Crippen LogP contribution in [0.3, 0.4) is 0 Å². The van der Waals surface area contributed by atoms with Crippen LogP contribution in [0.15, 0.2) is 0 Å². The van der Waals surface area contributed by atoms with E-state index in [9.17, 15) is 0 Å². The first-order valence-corrected chi connectivity index (χ1v) is 6.05. The largest absolute Gasteiger partial charge is 1.00 e. The van der Waals surface area contributed by atoms with Gasteiger partial charge in [0.15, 0.2) is 0 Å². The molecule has 0 fully saturated rings. The predicted octanol–water partition coefficient (Wildman–Crippen LogP) is -10.7. The first-order valence-electron chi connectivity index (χ1n) is 1.35. The average Bonchev–Trinajstić information content (AvgIpc) is 1.12. The standard InChI is InChI=1S/Au.3Na.2H2O3S2/c;;;;2*1-5(2,3)4/h;;;;2*(H2,1,2,3,4)/q;3*+1;;/p-3. The molecule has 0 aromatic carbocycles. The van der Waals surface area contributed by atoms with E-state index in [2.05, 4.69) is 22.4 Å². The van der Waals surface area contributed by atoms with E-state index in [0.717, 1.165) is 0 Å². The van der Waals surface area contributed by atoms with Crippen LogP contribution in [0.1, 0.15) is 0 Å². The van der Waals surface area contributed by atoms with E-state index in [4.69, 9.17) is 26.6 Å². The Morgan fingerprint density at radius 3 is 0.929 bits per heavy atom. The number of hydrogen-bond acceptors (Lipinski definition) is 7. The third kappa shape index (κ3) is 205. The van der Waals surface area contributed by atoms with E-state index in [1.165, 1.54) is 0 Å². The Morgan fingerprint density at radius 1 is 0.929 bits per heavy atom. The fourth-order valence-corrected chi connectivity index (χ4v) is 0. The van der Waals surface area contributed by atoms with Crippen LogP contribution in [0.2, 0.25) is 0 Å². The molecule has 1 N–H and O–H groups in total. The topological polar surface area (TPSA) is 124 Å². The molecule has 0 aromatic heterocycles. The van der Waals surface area contributed by atoms with Gasteiger partial charge >= 0.3 is 88.7 Å². The summed E-state index contributed by atoms with van der Waals surface area (Å²) >= 11 is 6.60. The van der Waals surface area contributed by atoms with Gasteiger partial charge in [-0.3, -0.25) is 4.21 Å². The van der Waals surface area contributed by atoms with Crippen molar-refractivity contribution in [2.75, 3.05) is 0 Å². The van der Waals surface area contributed by atoms with Crippen molar-refractivity contribution in [1.82, 2.24) is 0 Å². The van der Waals surface area contributed by atoms with Crippen LogP contribution in [0.5, 0.6) is 0 Å². The van der Waals surface area contributed by atoms with Gasteiger partial charge < -0.3 is 18.2 Å². The molecule has 1 atom stereocenters. The molecule has 0 aliphatic heterocycles. The van der Waals surface area contributed by atoms with Crippen LogP contribution in [0.4, 0.5) is 0 Å². The summed E-state index contributed by atoms with van der Waals surface area (Å²) in [5.41, 5.74) is 0. The van der Waals surface area contributed by atoms with Gasteiger partial charge in [-0.2, -0.15) is 0 Å². The van der Waals surface area contributed by atoms with E-state index in [0.29, 0.717) is 0 Å². The van der Waals surface area contributed by atoms with Gasteiger partial charge in [-0.1, -0.05) is 0 Å². The molecule has 0 bridgehead atoms.